The Bertz CT molecular complexity index is 1150. The van der Waals surface area contributed by atoms with E-state index in [4.69, 9.17) is 4.52 Å². The lowest BCUT2D eigenvalue weighted by Crippen LogP contribution is -2.44. The van der Waals surface area contributed by atoms with E-state index in [-0.39, 0.29) is 29.9 Å². The monoisotopic (exact) mass is 407 g/mol. The van der Waals surface area contributed by atoms with Crippen LogP contribution in [0.1, 0.15) is 17.4 Å². The molecule has 10 nitrogen and oxygen atoms in total. The van der Waals surface area contributed by atoms with E-state index >= 15 is 0 Å². The number of nitrogens with one attached hydrogen (secondary N) is 1. The van der Waals surface area contributed by atoms with Crippen LogP contribution in [-0.4, -0.2) is 55.8 Å². The molecular weight excluding hydrogens is 386 g/mol. The number of halogens is 1. The van der Waals surface area contributed by atoms with Crippen LogP contribution in [0.4, 0.5) is 0 Å². The number of piperazine rings is 1. The maximum Gasteiger partial charge on any atom is 0.332 e. The van der Waals surface area contributed by atoms with E-state index in [0.29, 0.717) is 28.1 Å². The maximum absolute atomic E-state index is 12.5. The van der Waals surface area contributed by atoms with E-state index in [0.717, 1.165) is 24.2 Å². The normalized spacial score (nSPS) is 17.6. The van der Waals surface area contributed by atoms with Crippen LogP contribution in [0.15, 0.2) is 20.2 Å². The fourth-order valence-electron chi connectivity index (χ4n) is 3.41. The fourth-order valence-corrected chi connectivity index (χ4v) is 3.41. The fraction of sp³-hybridized carbons (Fsp3) is 0.471. The average Bonchev–Trinajstić information content (AvgIpc) is 3.14. The van der Waals surface area contributed by atoms with Gasteiger partial charge in [0.05, 0.1) is 11.4 Å². The van der Waals surface area contributed by atoms with Crippen LogP contribution in [-0.2, 0) is 14.1 Å². The van der Waals surface area contributed by atoms with Crippen molar-refractivity contribution in [3.63, 3.8) is 0 Å². The molecule has 0 bridgehead atoms. The molecule has 1 aliphatic heterocycles. The summed E-state index contributed by atoms with van der Waals surface area (Å²) in [6.07, 6.45) is 0. The quantitative estimate of drug-likeness (QED) is 0.631. The van der Waals surface area contributed by atoms with Gasteiger partial charge in [0, 0.05) is 33.7 Å². The van der Waals surface area contributed by atoms with E-state index in [1.165, 1.54) is 11.6 Å². The lowest BCUT2D eigenvalue weighted by atomic mass is 10.1. The first kappa shape index (κ1) is 20.2. The van der Waals surface area contributed by atoms with Gasteiger partial charge in [-0.25, -0.2) is 9.78 Å². The third-order valence-electron chi connectivity index (χ3n) is 5.08. The molecule has 0 aromatic carbocycles. The number of pyridine rings is 1. The Kier molecular flexibility index (Phi) is 5.37. The highest BCUT2D eigenvalue weighted by Gasteiger charge is 2.26. The number of fused-ring (bicyclic) bond motifs is 1. The van der Waals surface area contributed by atoms with E-state index < -0.39 is 5.69 Å². The topological polar surface area (TPSA) is 111 Å². The van der Waals surface area contributed by atoms with Gasteiger partial charge in [0.1, 0.15) is 11.3 Å². The highest BCUT2D eigenvalue weighted by atomic mass is 35.5. The molecule has 3 aromatic heterocycles. The van der Waals surface area contributed by atoms with Gasteiger partial charge >= 0.3 is 5.69 Å². The predicted molar refractivity (Wildman–Crippen MR) is 106 cm³/mol. The third kappa shape index (κ3) is 3.13. The molecule has 4 rings (SSSR count). The van der Waals surface area contributed by atoms with Gasteiger partial charge in [-0.1, -0.05) is 5.16 Å². The van der Waals surface area contributed by atoms with Crippen LogP contribution in [0, 0.1) is 6.92 Å². The van der Waals surface area contributed by atoms with E-state index in [9.17, 15) is 9.59 Å². The number of likely N-dealkylation sites (N-methyl/N-ethyl adjacent to an activating group) is 1. The van der Waals surface area contributed by atoms with Crippen LogP contribution in [0.2, 0.25) is 0 Å². The molecule has 28 heavy (non-hydrogen) atoms. The van der Waals surface area contributed by atoms with Gasteiger partial charge in [0.2, 0.25) is 0 Å². The molecule has 1 unspecified atom stereocenters. The number of hydrogen-bond acceptors (Lipinski definition) is 8. The Morgan fingerprint density at radius 2 is 1.93 bits per heavy atom. The molecule has 0 aliphatic carbocycles. The van der Waals surface area contributed by atoms with Gasteiger partial charge in [0.25, 0.3) is 11.4 Å². The minimum Gasteiger partial charge on any atom is -0.332 e. The van der Waals surface area contributed by atoms with Gasteiger partial charge in [-0.2, -0.15) is 4.98 Å². The number of aromatic nitrogens is 5. The summed E-state index contributed by atoms with van der Waals surface area (Å²) < 4.78 is 7.86. The van der Waals surface area contributed by atoms with Gasteiger partial charge < -0.3 is 9.84 Å². The van der Waals surface area contributed by atoms with Gasteiger partial charge in [-0.15, -0.1) is 12.4 Å². The van der Waals surface area contributed by atoms with Crippen molar-refractivity contribution in [1.82, 2.24) is 34.5 Å². The minimum atomic E-state index is -0.433. The summed E-state index contributed by atoms with van der Waals surface area (Å²) in [7, 11) is 5.06. The van der Waals surface area contributed by atoms with Crippen molar-refractivity contribution in [3.05, 3.63) is 38.3 Å². The van der Waals surface area contributed by atoms with Crippen LogP contribution in [0.25, 0.3) is 22.6 Å². The molecule has 150 valence electrons. The molecule has 3 aromatic rings. The van der Waals surface area contributed by atoms with Crippen molar-refractivity contribution in [2.75, 3.05) is 26.7 Å². The van der Waals surface area contributed by atoms with Gasteiger partial charge in [0.15, 0.2) is 5.82 Å². The number of hydrogen-bond donors (Lipinski definition) is 1. The molecule has 1 aliphatic rings. The highest BCUT2D eigenvalue weighted by molar-refractivity contribution is 5.85. The zero-order valence-electron chi connectivity index (χ0n) is 16.1. The summed E-state index contributed by atoms with van der Waals surface area (Å²) >= 11 is 0. The Balaban J connectivity index is 0.00000225. The summed E-state index contributed by atoms with van der Waals surface area (Å²) in [6.45, 7) is 4.36. The van der Waals surface area contributed by atoms with E-state index in [2.05, 4.69) is 25.3 Å². The number of aryl methyl sites for hydroxylation is 2. The van der Waals surface area contributed by atoms with Crippen LogP contribution in [0.3, 0.4) is 0 Å². The molecule has 11 heteroatoms. The SMILES string of the molecule is Cc1cc(-c2nc(C3CNCCN3C)no2)nc2c1c(=O)n(C)c(=O)n2C.Cl. The predicted octanol–water partition coefficient (Wildman–Crippen LogP) is -0.0115. The molecule has 1 atom stereocenters. The molecule has 1 N–H and O–H groups in total. The molecule has 1 saturated heterocycles. The zero-order valence-corrected chi connectivity index (χ0v) is 16.9. The lowest BCUT2D eigenvalue weighted by Gasteiger charge is -2.30. The molecule has 0 saturated carbocycles. The molecular formula is C17H22ClN7O3. The van der Waals surface area contributed by atoms with Crippen molar-refractivity contribution in [2.45, 2.75) is 13.0 Å². The molecule has 1 fully saturated rings. The van der Waals surface area contributed by atoms with Crippen molar-refractivity contribution >= 4 is 23.4 Å². The summed E-state index contributed by atoms with van der Waals surface area (Å²) in [5.41, 5.74) is 0.633. The van der Waals surface area contributed by atoms with Crippen molar-refractivity contribution < 1.29 is 4.52 Å². The highest BCUT2D eigenvalue weighted by Crippen LogP contribution is 2.24. The second kappa shape index (κ2) is 7.46. The summed E-state index contributed by atoms with van der Waals surface area (Å²) in [6, 6.07) is 1.75. The Morgan fingerprint density at radius 1 is 1.18 bits per heavy atom. The average molecular weight is 408 g/mol. The van der Waals surface area contributed by atoms with Crippen LogP contribution >= 0.6 is 12.4 Å². The standard InChI is InChI=1S/C17H21N7O3.ClH/c1-9-7-10(19-14-12(9)16(25)24(4)17(26)23(14)3)15-20-13(21-27-15)11-8-18-5-6-22(11)2;/h7,11,18H,5-6,8H2,1-4H3;1H. The minimum absolute atomic E-state index is 0. The summed E-state index contributed by atoms with van der Waals surface area (Å²) in [4.78, 5) is 35.8. The van der Waals surface area contributed by atoms with Crippen LogP contribution < -0.4 is 16.6 Å². The Morgan fingerprint density at radius 3 is 2.64 bits per heavy atom. The second-order valence-electron chi connectivity index (χ2n) is 6.89. The second-order valence-corrected chi connectivity index (χ2v) is 6.89. The molecule has 0 amide bonds. The van der Waals surface area contributed by atoms with E-state index in [1.807, 2.05) is 7.05 Å². The van der Waals surface area contributed by atoms with E-state index in [1.54, 1.807) is 20.0 Å². The summed E-state index contributed by atoms with van der Waals surface area (Å²) in [5.74, 6) is 0.846. The first-order chi connectivity index (χ1) is 12.9. The molecule has 0 spiro atoms. The van der Waals surface area contributed by atoms with Gasteiger partial charge in [-0.3, -0.25) is 18.8 Å². The Labute approximate surface area is 166 Å². The van der Waals surface area contributed by atoms with Crippen molar-refractivity contribution in [1.29, 1.82) is 0 Å². The smallest absolute Gasteiger partial charge is 0.332 e. The maximum atomic E-state index is 12.5. The first-order valence-corrected chi connectivity index (χ1v) is 8.70. The molecule has 4 heterocycles. The largest absolute Gasteiger partial charge is 0.332 e. The Hall–Kier alpha value is -2.56. The third-order valence-corrected chi connectivity index (χ3v) is 5.08. The van der Waals surface area contributed by atoms with Crippen LogP contribution in [0.5, 0.6) is 0 Å². The van der Waals surface area contributed by atoms with Crippen molar-refractivity contribution in [2.24, 2.45) is 14.1 Å². The zero-order chi connectivity index (χ0) is 19.3. The number of nitrogens with zero attached hydrogens (tertiary/aromatic N) is 6. The van der Waals surface area contributed by atoms with Crippen molar-refractivity contribution in [3.8, 4) is 11.6 Å². The lowest BCUT2D eigenvalue weighted by molar-refractivity contribution is 0.190. The first-order valence-electron chi connectivity index (χ1n) is 8.70. The molecule has 0 radical (unpaired) electrons. The summed E-state index contributed by atoms with van der Waals surface area (Å²) in [5, 5.41) is 7.83. The number of rotatable bonds is 2. The van der Waals surface area contributed by atoms with Gasteiger partial charge in [-0.05, 0) is 25.6 Å².